The Morgan fingerprint density at radius 1 is 0.969 bits per heavy atom. The molecule has 0 bridgehead atoms. The maximum atomic E-state index is 13.8. The summed E-state index contributed by atoms with van der Waals surface area (Å²) in [6.45, 7) is 4.27. The summed E-state index contributed by atoms with van der Waals surface area (Å²) in [6, 6.07) is 21.2. The van der Waals surface area contributed by atoms with Crippen molar-refractivity contribution in [3.63, 3.8) is 0 Å². The second kappa shape index (κ2) is 7.99. The number of carbonyl (C=O) groups excluding carboxylic acids is 1. The van der Waals surface area contributed by atoms with Gasteiger partial charge in [-0.05, 0) is 60.6 Å². The molecule has 0 saturated heterocycles. The second-order valence-corrected chi connectivity index (χ2v) is 9.10. The topological polar surface area (TPSA) is 50.5 Å². The third-order valence-electron chi connectivity index (χ3n) is 6.04. The van der Waals surface area contributed by atoms with Crippen molar-refractivity contribution in [2.45, 2.75) is 31.3 Å². The minimum atomic E-state index is -0.491. The summed E-state index contributed by atoms with van der Waals surface area (Å²) in [5, 5.41) is 0.550. The van der Waals surface area contributed by atoms with Crippen molar-refractivity contribution in [1.82, 2.24) is 4.90 Å². The minimum absolute atomic E-state index is 0.124. The molecular formula is C27H23NO3S. The third kappa shape index (κ3) is 3.33. The molecule has 1 aliphatic rings. The number of thioether (sulfide) groups is 1. The van der Waals surface area contributed by atoms with E-state index in [0.717, 1.165) is 27.1 Å². The Labute approximate surface area is 190 Å². The number of amides is 1. The van der Waals surface area contributed by atoms with Crippen LogP contribution in [0.1, 0.15) is 44.4 Å². The number of hydrogen-bond acceptors (Lipinski definition) is 4. The zero-order chi connectivity index (χ0) is 22.4. The Balaban J connectivity index is 1.74. The highest BCUT2D eigenvalue weighted by atomic mass is 32.2. The lowest BCUT2D eigenvalue weighted by molar-refractivity contribution is 0.0714. The first-order chi connectivity index (χ1) is 15.5. The van der Waals surface area contributed by atoms with E-state index in [1.54, 1.807) is 16.7 Å². The number of nitrogens with zero attached hydrogens (tertiary/aromatic N) is 1. The molecule has 4 aromatic rings. The summed E-state index contributed by atoms with van der Waals surface area (Å²) in [6.07, 6.45) is 2.02. The van der Waals surface area contributed by atoms with Gasteiger partial charge in [-0.2, -0.15) is 0 Å². The summed E-state index contributed by atoms with van der Waals surface area (Å²) in [5.41, 5.74) is 4.54. The molecule has 160 valence electrons. The molecule has 0 saturated carbocycles. The maximum absolute atomic E-state index is 13.8. The Kier molecular flexibility index (Phi) is 5.14. The highest BCUT2D eigenvalue weighted by Gasteiger charge is 2.42. The minimum Gasteiger partial charge on any atom is -0.450 e. The molecule has 0 aliphatic carbocycles. The summed E-state index contributed by atoms with van der Waals surface area (Å²) in [5.74, 6) is -0.0941. The lowest BCUT2D eigenvalue weighted by atomic mass is 9.96. The van der Waals surface area contributed by atoms with Crippen LogP contribution >= 0.6 is 11.8 Å². The molecule has 0 spiro atoms. The van der Waals surface area contributed by atoms with Gasteiger partial charge in [-0.3, -0.25) is 9.59 Å². The van der Waals surface area contributed by atoms with Gasteiger partial charge < -0.3 is 9.32 Å². The van der Waals surface area contributed by atoms with Gasteiger partial charge in [-0.1, -0.05) is 48.5 Å². The summed E-state index contributed by atoms with van der Waals surface area (Å²) in [7, 11) is 0. The van der Waals surface area contributed by atoms with E-state index in [1.807, 2.05) is 86.8 Å². The van der Waals surface area contributed by atoms with Crippen molar-refractivity contribution < 1.29 is 9.21 Å². The normalized spacial score (nSPS) is 15.4. The predicted molar refractivity (Wildman–Crippen MR) is 128 cm³/mol. The fraction of sp³-hybridized carbons (Fsp3) is 0.185. The summed E-state index contributed by atoms with van der Waals surface area (Å²) < 4.78 is 6.13. The van der Waals surface area contributed by atoms with E-state index in [-0.39, 0.29) is 17.1 Å². The van der Waals surface area contributed by atoms with Gasteiger partial charge in [0.25, 0.3) is 5.91 Å². The second-order valence-electron chi connectivity index (χ2n) is 8.22. The molecule has 0 radical (unpaired) electrons. The molecule has 1 unspecified atom stereocenters. The first-order valence-corrected chi connectivity index (χ1v) is 11.8. The van der Waals surface area contributed by atoms with Gasteiger partial charge in [0.1, 0.15) is 5.58 Å². The predicted octanol–water partition coefficient (Wildman–Crippen LogP) is 5.88. The highest BCUT2D eigenvalue weighted by Crippen LogP contribution is 2.40. The Morgan fingerprint density at radius 2 is 1.69 bits per heavy atom. The van der Waals surface area contributed by atoms with Crippen molar-refractivity contribution in [1.29, 1.82) is 0 Å². The van der Waals surface area contributed by atoms with Gasteiger partial charge in [0.05, 0.1) is 17.0 Å². The molecular weight excluding hydrogens is 418 g/mol. The zero-order valence-corrected chi connectivity index (χ0v) is 19.0. The summed E-state index contributed by atoms with van der Waals surface area (Å²) >= 11 is 1.66. The highest BCUT2D eigenvalue weighted by molar-refractivity contribution is 7.98. The van der Waals surface area contributed by atoms with E-state index >= 15 is 0 Å². The Bertz CT molecular complexity index is 1390. The lowest BCUT2D eigenvalue weighted by Crippen LogP contribution is -2.29. The first kappa shape index (κ1) is 20.6. The molecule has 1 amide bonds. The van der Waals surface area contributed by atoms with Crippen LogP contribution in [0.15, 0.2) is 80.8 Å². The Hall–Kier alpha value is -3.31. The van der Waals surface area contributed by atoms with Crippen molar-refractivity contribution in [2.75, 3.05) is 6.26 Å². The van der Waals surface area contributed by atoms with Crippen molar-refractivity contribution in [3.05, 3.63) is 111 Å². The van der Waals surface area contributed by atoms with Crippen molar-refractivity contribution >= 4 is 28.6 Å². The largest absolute Gasteiger partial charge is 0.450 e. The number of carbonyl (C=O) groups is 1. The number of hydrogen-bond donors (Lipinski definition) is 0. The van der Waals surface area contributed by atoms with E-state index in [9.17, 15) is 9.59 Å². The lowest BCUT2D eigenvalue weighted by Gasteiger charge is -2.25. The van der Waals surface area contributed by atoms with E-state index in [1.165, 1.54) is 0 Å². The zero-order valence-electron chi connectivity index (χ0n) is 18.2. The van der Waals surface area contributed by atoms with Crippen LogP contribution in [-0.2, 0) is 6.54 Å². The van der Waals surface area contributed by atoms with E-state index in [4.69, 9.17) is 4.42 Å². The van der Waals surface area contributed by atoms with Crippen LogP contribution in [0, 0.1) is 13.8 Å². The van der Waals surface area contributed by atoms with Crippen LogP contribution in [0.5, 0.6) is 0 Å². The Morgan fingerprint density at radius 3 is 2.38 bits per heavy atom. The van der Waals surface area contributed by atoms with E-state index in [2.05, 4.69) is 0 Å². The standard InChI is InChI=1S/C27H23NO3S/c1-16-13-17(2)22-21(14-16)31-26-23(25(22)29)24(19-9-11-20(32-3)12-10-19)28(27(26)30)15-18-7-5-4-6-8-18/h4-14,24H,15H2,1-3H3. The van der Waals surface area contributed by atoms with E-state index < -0.39 is 6.04 Å². The van der Waals surface area contributed by atoms with Gasteiger partial charge in [0, 0.05) is 11.4 Å². The maximum Gasteiger partial charge on any atom is 0.291 e. The quantitative estimate of drug-likeness (QED) is 0.371. The summed E-state index contributed by atoms with van der Waals surface area (Å²) in [4.78, 5) is 30.2. The van der Waals surface area contributed by atoms with Gasteiger partial charge in [-0.15, -0.1) is 11.8 Å². The molecule has 2 heterocycles. The van der Waals surface area contributed by atoms with Gasteiger partial charge >= 0.3 is 0 Å². The SMILES string of the molecule is CSc1ccc(C2c3c(oc4cc(C)cc(C)c4c3=O)C(=O)N2Cc2ccccc2)cc1. The van der Waals surface area contributed by atoms with Gasteiger partial charge in [0.2, 0.25) is 5.76 Å². The number of benzene rings is 3. The van der Waals surface area contributed by atoms with Crippen LogP contribution in [0.25, 0.3) is 11.0 Å². The molecule has 1 aliphatic heterocycles. The van der Waals surface area contributed by atoms with E-state index in [0.29, 0.717) is 23.1 Å². The third-order valence-corrected chi connectivity index (χ3v) is 6.78. The first-order valence-electron chi connectivity index (χ1n) is 10.5. The average molecular weight is 442 g/mol. The molecule has 1 aromatic heterocycles. The van der Waals surface area contributed by atoms with Crippen LogP contribution in [0.2, 0.25) is 0 Å². The molecule has 0 N–H and O–H groups in total. The van der Waals surface area contributed by atoms with Gasteiger partial charge in [0.15, 0.2) is 5.43 Å². The molecule has 1 atom stereocenters. The molecule has 3 aromatic carbocycles. The monoisotopic (exact) mass is 441 g/mol. The molecule has 5 rings (SSSR count). The number of rotatable bonds is 4. The van der Waals surface area contributed by atoms with Crippen LogP contribution < -0.4 is 5.43 Å². The number of aryl methyl sites for hydroxylation is 2. The van der Waals surface area contributed by atoms with Crippen molar-refractivity contribution in [2.24, 2.45) is 0 Å². The fourth-order valence-corrected chi connectivity index (χ4v) is 5.00. The molecule has 32 heavy (non-hydrogen) atoms. The van der Waals surface area contributed by atoms with Crippen LogP contribution in [-0.4, -0.2) is 17.1 Å². The molecule has 4 nitrogen and oxygen atoms in total. The molecule has 0 fully saturated rings. The van der Waals surface area contributed by atoms with Crippen LogP contribution in [0.3, 0.4) is 0 Å². The average Bonchev–Trinajstić information content (AvgIpc) is 3.06. The van der Waals surface area contributed by atoms with Crippen LogP contribution in [0.4, 0.5) is 0 Å². The molecule has 5 heteroatoms. The van der Waals surface area contributed by atoms with Crippen molar-refractivity contribution in [3.8, 4) is 0 Å². The number of fused-ring (bicyclic) bond motifs is 2. The smallest absolute Gasteiger partial charge is 0.291 e. The fourth-order valence-electron chi connectivity index (χ4n) is 4.59. The van der Waals surface area contributed by atoms with Gasteiger partial charge in [-0.25, -0.2) is 0 Å².